The number of nitrogens with one attached hydrogen (secondary N) is 1. The average molecular weight is 445 g/mol. The first-order valence-corrected chi connectivity index (χ1v) is 9.63. The van der Waals surface area contributed by atoms with Gasteiger partial charge in [0.15, 0.2) is 5.65 Å². The zero-order valence-electron chi connectivity index (χ0n) is 16.2. The van der Waals surface area contributed by atoms with Crippen molar-refractivity contribution in [1.82, 2.24) is 20.1 Å². The van der Waals surface area contributed by atoms with E-state index in [1.165, 1.54) is 23.0 Å². The monoisotopic (exact) mass is 444 g/mol. The Kier molecular flexibility index (Phi) is 5.41. The predicted molar refractivity (Wildman–Crippen MR) is 112 cm³/mol. The third-order valence-corrected chi connectivity index (χ3v) is 5.08. The Labute approximate surface area is 180 Å². The summed E-state index contributed by atoms with van der Waals surface area (Å²) in [6.07, 6.45) is -2.89. The number of alkyl halides is 3. The molecule has 0 atom stereocenters. The van der Waals surface area contributed by atoms with Crippen molar-refractivity contribution in [2.75, 3.05) is 0 Å². The van der Waals surface area contributed by atoms with Gasteiger partial charge in [0.2, 0.25) is 0 Å². The molecule has 0 aliphatic rings. The van der Waals surface area contributed by atoms with Crippen molar-refractivity contribution in [2.45, 2.75) is 12.7 Å². The third-order valence-electron chi connectivity index (χ3n) is 4.82. The number of carbonyl (C=O) groups is 1. The zero-order chi connectivity index (χ0) is 22.2. The van der Waals surface area contributed by atoms with E-state index in [4.69, 9.17) is 11.6 Å². The fourth-order valence-corrected chi connectivity index (χ4v) is 3.29. The lowest BCUT2D eigenvalue weighted by atomic mass is 10.0. The van der Waals surface area contributed by atoms with Gasteiger partial charge in [0.05, 0.1) is 28.4 Å². The minimum Gasteiger partial charge on any atom is -0.348 e. The normalized spacial score (nSPS) is 11.6. The molecule has 158 valence electrons. The lowest BCUT2D eigenvalue weighted by Gasteiger charge is -2.10. The number of halogens is 4. The van der Waals surface area contributed by atoms with E-state index in [2.05, 4.69) is 15.4 Å². The highest BCUT2D eigenvalue weighted by molar-refractivity contribution is 6.30. The first-order chi connectivity index (χ1) is 14.7. The van der Waals surface area contributed by atoms with Crippen molar-refractivity contribution in [3.05, 3.63) is 82.5 Å². The summed E-state index contributed by atoms with van der Waals surface area (Å²) in [5, 5.41) is 8.15. The molecule has 0 unspecified atom stereocenters. The first kappa shape index (κ1) is 20.9. The molecule has 0 radical (unpaired) electrons. The van der Waals surface area contributed by atoms with Crippen LogP contribution >= 0.6 is 11.6 Å². The number of fused-ring (bicyclic) bond motifs is 1. The maximum atomic E-state index is 12.9. The summed E-state index contributed by atoms with van der Waals surface area (Å²) in [5.41, 5.74) is 1.75. The molecular weight excluding hydrogens is 429 g/mol. The Morgan fingerprint density at radius 2 is 1.77 bits per heavy atom. The number of nitrogens with zero attached hydrogens (tertiary/aromatic N) is 3. The van der Waals surface area contributed by atoms with Crippen LogP contribution in [0, 0.1) is 0 Å². The standard InChI is InChI=1S/C22H16ClF3N4O/c1-30-20-18(12-28-30)17(21(31)27-11-13-2-8-16(23)9-3-13)10-19(29-20)14-4-6-15(7-5-14)22(24,25)26/h2-10,12H,11H2,1H3,(H,27,31). The molecule has 2 heterocycles. The van der Waals surface area contributed by atoms with E-state index in [1.807, 2.05) is 12.1 Å². The molecule has 1 amide bonds. The van der Waals surface area contributed by atoms with Crippen molar-refractivity contribution in [1.29, 1.82) is 0 Å². The van der Waals surface area contributed by atoms with Gasteiger partial charge in [0, 0.05) is 24.2 Å². The molecule has 0 bridgehead atoms. The Hall–Kier alpha value is -3.39. The topological polar surface area (TPSA) is 59.8 Å². The summed E-state index contributed by atoms with van der Waals surface area (Å²) in [6.45, 7) is 0.287. The van der Waals surface area contributed by atoms with Crippen molar-refractivity contribution in [3.63, 3.8) is 0 Å². The Balaban J connectivity index is 1.68. The molecule has 5 nitrogen and oxygen atoms in total. The fraction of sp³-hybridized carbons (Fsp3) is 0.136. The molecule has 4 rings (SSSR count). The molecule has 0 saturated heterocycles. The second kappa shape index (κ2) is 8.03. The van der Waals surface area contributed by atoms with Crippen LogP contribution < -0.4 is 5.32 Å². The minimum absolute atomic E-state index is 0.287. The molecule has 0 spiro atoms. The van der Waals surface area contributed by atoms with Gasteiger partial charge >= 0.3 is 6.18 Å². The van der Waals surface area contributed by atoms with Gasteiger partial charge in [-0.3, -0.25) is 9.48 Å². The highest BCUT2D eigenvalue weighted by Gasteiger charge is 2.30. The third kappa shape index (κ3) is 4.39. The number of benzene rings is 2. The van der Waals surface area contributed by atoms with Crippen molar-refractivity contribution >= 4 is 28.5 Å². The van der Waals surface area contributed by atoms with Gasteiger partial charge < -0.3 is 5.32 Å². The molecule has 31 heavy (non-hydrogen) atoms. The van der Waals surface area contributed by atoms with Crippen LogP contribution in [-0.2, 0) is 19.8 Å². The SMILES string of the molecule is Cn1ncc2c(C(=O)NCc3ccc(Cl)cc3)cc(-c3ccc(C(F)(F)F)cc3)nc21. The summed E-state index contributed by atoms with van der Waals surface area (Å²) < 4.78 is 40.1. The fourth-order valence-electron chi connectivity index (χ4n) is 3.16. The smallest absolute Gasteiger partial charge is 0.348 e. The lowest BCUT2D eigenvalue weighted by molar-refractivity contribution is -0.137. The molecule has 4 aromatic rings. The summed E-state index contributed by atoms with van der Waals surface area (Å²) in [4.78, 5) is 17.4. The molecule has 0 saturated carbocycles. The van der Waals surface area contributed by atoms with Crippen LogP contribution in [0.2, 0.25) is 5.02 Å². The van der Waals surface area contributed by atoms with Gasteiger partial charge in [-0.2, -0.15) is 18.3 Å². The minimum atomic E-state index is -4.43. The van der Waals surface area contributed by atoms with Crippen molar-refractivity contribution in [3.8, 4) is 11.3 Å². The molecular formula is C22H16ClF3N4O. The van der Waals surface area contributed by atoms with Gasteiger partial charge in [0.25, 0.3) is 5.91 Å². The quantitative estimate of drug-likeness (QED) is 0.468. The largest absolute Gasteiger partial charge is 0.416 e. The second-order valence-electron chi connectivity index (χ2n) is 6.94. The van der Waals surface area contributed by atoms with Crippen LogP contribution in [0.25, 0.3) is 22.3 Å². The molecule has 9 heteroatoms. The molecule has 0 aliphatic heterocycles. The number of carbonyl (C=O) groups excluding carboxylic acids is 1. The number of hydrogen-bond acceptors (Lipinski definition) is 3. The number of aryl methyl sites for hydroxylation is 1. The van der Waals surface area contributed by atoms with Crippen LogP contribution in [0.4, 0.5) is 13.2 Å². The number of rotatable bonds is 4. The van der Waals surface area contributed by atoms with E-state index in [9.17, 15) is 18.0 Å². The van der Waals surface area contributed by atoms with Gasteiger partial charge in [-0.1, -0.05) is 35.9 Å². The van der Waals surface area contributed by atoms with Gasteiger partial charge in [-0.05, 0) is 35.9 Å². The first-order valence-electron chi connectivity index (χ1n) is 9.25. The Bertz CT molecular complexity index is 1250. The van der Waals surface area contributed by atoms with Crippen molar-refractivity contribution in [2.24, 2.45) is 7.05 Å². The summed E-state index contributed by atoms with van der Waals surface area (Å²) in [6, 6.07) is 13.3. The maximum absolute atomic E-state index is 12.9. The average Bonchev–Trinajstić information content (AvgIpc) is 3.13. The molecule has 0 aliphatic carbocycles. The highest BCUT2D eigenvalue weighted by atomic mass is 35.5. The van der Waals surface area contributed by atoms with E-state index in [0.29, 0.717) is 32.9 Å². The van der Waals surface area contributed by atoms with Crippen LogP contribution in [0.1, 0.15) is 21.5 Å². The maximum Gasteiger partial charge on any atom is 0.416 e. The number of aromatic nitrogens is 3. The van der Waals surface area contributed by atoms with E-state index in [-0.39, 0.29) is 12.5 Å². The summed E-state index contributed by atoms with van der Waals surface area (Å²) in [7, 11) is 1.68. The van der Waals surface area contributed by atoms with Gasteiger partial charge in [-0.25, -0.2) is 4.98 Å². The van der Waals surface area contributed by atoms with E-state index in [0.717, 1.165) is 17.7 Å². The van der Waals surface area contributed by atoms with Crippen LogP contribution in [-0.4, -0.2) is 20.7 Å². The van der Waals surface area contributed by atoms with Gasteiger partial charge in [0.1, 0.15) is 0 Å². The van der Waals surface area contributed by atoms with E-state index < -0.39 is 11.7 Å². The Morgan fingerprint density at radius 1 is 1.10 bits per heavy atom. The highest BCUT2D eigenvalue weighted by Crippen LogP contribution is 2.31. The van der Waals surface area contributed by atoms with Gasteiger partial charge in [-0.15, -0.1) is 0 Å². The summed E-state index contributed by atoms with van der Waals surface area (Å²) in [5.74, 6) is -0.344. The molecule has 0 fully saturated rings. The second-order valence-corrected chi connectivity index (χ2v) is 7.38. The Morgan fingerprint density at radius 3 is 2.42 bits per heavy atom. The number of pyridine rings is 1. The number of amides is 1. The van der Waals surface area contributed by atoms with Crippen LogP contribution in [0.3, 0.4) is 0 Å². The van der Waals surface area contributed by atoms with E-state index in [1.54, 1.807) is 25.2 Å². The van der Waals surface area contributed by atoms with Crippen LogP contribution in [0.5, 0.6) is 0 Å². The predicted octanol–water partition coefficient (Wildman–Crippen LogP) is 5.24. The molecule has 2 aromatic carbocycles. The zero-order valence-corrected chi connectivity index (χ0v) is 17.0. The molecule has 1 N–H and O–H groups in total. The lowest BCUT2D eigenvalue weighted by Crippen LogP contribution is -2.23. The summed E-state index contributed by atoms with van der Waals surface area (Å²) >= 11 is 5.88. The van der Waals surface area contributed by atoms with Crippen LogP contribution in [0.15, 0.2) is 60.8 Å². The van der Waals surface area contributed by atoms with Crippen molar-refractivity contribution < 1.29 is 18.0 Å². The molecule has 2 aromatic heterocycles. The number of hydrogen-bond donors (Lipinski definition) is 1. The van der Waals surface area contributed by atoms with E-state index >= 15 is 0 Å².